The first-order valence-corrected chi connectivity index (χ1v) is 22.9. The molecule has 8 heterocycles. The van der Waals surface area contributed by atoms with Crippen LogP contribution in [0, 0.1) is 0 Å². The van der Waals surface area contributed by atoms with Crippen LogP contribution in [-0.2, 0) is 0 Å². The Hall–Kier alpha value is -7.25. The maximum absolute atomic E-state index is 7.05. The minimum atomic E-state index is -0.0163. The smallest absolute Gasteiger partial charge is 0.256 e. The van der Waals surface area contributed by atoms with E-state index in [4.69, 9.17) is 9.47 Å². The van der Waals surface area contributed by atoms with E-state index in [2.05, 4.69) is 167 Å². The summed E-state index contributed by atoms with van der Waals surface area (Å²) in [6.45, 7) is -0.0326. The SMILES string of the molecule is c1cc2c3c(c1)-n1c4c(cccc4c4ccc5c6ccccc6sc5c41)B3c1cc3c(cc1O2)Oc1cccc2c1B3c1cccc3c4ccc5c6ccccc6sc5c4n-2c13. The van der Waals surface area contributed by atoms with E-state index in [1.807, 2.05) is 22.7 Å². The van der Waals surface area contributed by atoms with Crippen LogP contribution in [0.2, 0.25) is 0 Å². The lowest BCUT2D eigenvalue weighted by Crippen LogP contribution is -2.62. The maximum atomic E-state index is 7.05. The van der Waals surface area contributed by atoms with Crippen molar-refractivity contribution in [3.8, 4) is 34.4 Å². The molecule has 0 aliphatic carbocycles. The van der Waals surface area contributed by atoms with Crippen LogP contribution in [0.5, 0.6) is 23.0 Å². The van der Waals surface area contributed by atoms with Gasteiger partial charge in [0.2, 0.25) is 0 Å². The van der Waals surface area contributed by atoms with Crippen LogP contribution in [0.1, 0.15) is 0 Å². The predicted octanol–water partition coefficient (Wildman–Crippen LogP) is 10.5. The summed E-state index contributed by atoms with van der Waals surface area (Å²) in [6, 6.07) is 58.8. The molecule has 4 nitrogen and oxygen atoms in total. The van der Waals surface area contributed by atoms with E-state index < -0.39 is 0 Å². The molecule has 0 bridgehead atoms. The topological polar surface area (TPSA) is 28.3 Å². The molecule has 282 valence electrons. The highest BCUT2D eigenvalue weighted by atomic mass is 32.1. The quantitative estimate of drug-likeness (QED) is 0.143. The van der Waals surface area contributed by atoms with Crippen LogP contribution in [0.4, 0.5) is 0 Å². The van der Waals surface area contributed by atoms with Gasteiger partial charge in [0, 0.05) is 81.0 Å². The van der Waals surface area contributed by atoms with Crippen molar-refractivity contribution in [2.75, 3.05) is 0 Å². The van der Waals surface area contributed by atoms with Crippen molar-refractivity contribution < 1.29 is 9.47 Å². The molecule has 4 aromatic heterocycles. The van der Waals surface area contributed by atoms with Gasteiger partial charge in [-0.25, -0.2) is 0 Å². The highest BCUT2D eigenvalue weighted by Gasteiger charge is 2.45. The summed E-state index contributed by atoms with van der Waals surface area (Å²) in [5.74, 6) is 3.54. The zero-order valence-corrected chi connectivity index (χ0v) is 34.3. The van der Waals surface area contributed by atoms with Gasteiger partial charge in [-0.1, -0.05) is 115 Å². The molecule has 0 saturated heterocycles. The molecule has 0 atom stereocenters. The summed E-state index contributed by atoms with van der Waals surface area (Å²) in [6.07, 6.45) is 0. The lowest BCUT2D eigenvalue weighted by molar-refractivity contribution is 0.465. The summed E-state index contributed by atoms with van der Waals surface area (Å²) < 4.78 is 24.5. The maximum Gasteiger partial charge on any atom is 0.256 e. The summed E-state index contributed by atoms with van der Waals surface area (Å²) >= 11 is 3.80. The van der Waals surface area contributed by atoms with Gasteiger partial charge < -0.3 is 18.6 Å². The Balaban J connectivity index is 0.947. The molecule has 0 fully saturated rings. The summed E-state index contributed by atoms with van der Waals surface area (Å²) in [7, 11) is 0. The van der Waals surface area contributed by atoms with Crippen LogP contribution in [-0.4, -0.2) is 22.6 Å². The van der Waals surface area contributed by atoms with Crippen LogP contribution in [0.15, 0.2) is 158 Å². The molecule has 13 aromatic rings. The Morgan fingerprint density at radius 1 is 0.339 bits per heavy atom. The Kier molecular flexibility index (Phi) is 5.41. The zero-order chi connectivity index (χ0) is 39.7. The molecule has 4 aliphatic rings. The number of nitrogens with zero attached hydrogens (tertiary/aromatic N) is 2. The minimum Gasteiger partial charge on any atom is -0.458 e. The van der Waals surface area contributed by atoms with Crippen molar-refractivity contribution in [2.45, 2.75) is 0 Å². The number of rotatable bonds is 0. The number of fused-ring (bicyclic) bond motifs is 22. The van der Waals surface area contributed by atoms with Gasteiger partial charge in [0.05, 0.1) is 20.4 Å². The summed E-state index contributed by atoms with van der Waals surface area (Å²) in [4.78, 5) is 0. The third kappa shape index (κ3) is 3.51. The number of para-hydroxylation sites is 2. The molecular weight excluding hydrogens is 794 g/mol. The van der Waals surface area contributed by atoms with Crippen molar-refractivity contribution >= 4 is 153 Å². The van der Waals surface area contributed by atoms with E-state index in [1.165, 1.54) is 128 Å². The highest BCUT2D eigenvalue weighted by Crippen LogP contribution is 2.47. The van der Waals surface area contributed by atoms with E-state index >= 15 is 0 Å². The van der Waals surface area contributed by atoms with Gasteiger partial charge in [0.15, 0.2) is 0 Å². The van der Waals surface area contributed by atoms with Crippen molar-refractivity contribution in [3.05, 3.63) is 158 Å². The van der Waals surface area contributed by atoms with Gasteiger partial charge in [0.1, 0.15) is 23.0 Å². The fraction of sp³-hybridized carbons (Fsp3) is 0. The number of hydrogen-bond acceptors (Lipinski definition) is 4. The van der Waals surface area contributed by atoms with Crippen LogP contribution in [0.25, 0.3) is 95.3 Å². The molecule has 0 unspecified atom stereocenters. The van der Waals surface area contributed by atoms with Crippen molar-refractivity contribution in [2.24, 2.45) is 0 Å². The lowest BCUT2D eigenvalue weighted by Gasteiger charge is -2.36. The lowest BCUT2D eigenvalue weighted by atomic mass is 9.31. The molecule has 0 spiro atoms. The molecule has 9 aromatic carbocycles. The van der Waals surface area contributed by atoms with Crippen LogP contribution >= 0.6 is 22.7 Å². The van der Waals surface area contributed by atoms with Crippen LogP contribution < -0.4 is 42.3 Å². The molecule has 0 amide bonds. The monoisotopic (exact) mass is 820 g/mol. The zero-order valence-electron chi connectivity index (χ0n) is 32.7. The standard InChI is InChI=1S/C54H26B2N2O2S2/c1-3-19-45-27(9-1)33-23-21-31-29-11-5-13-35-49(29)57(51(31)53(33)61-45)39-15-7-17-41-47(39)55(35)37-25-38-44(26-43(37)59-41)60-42-18-8-16-40-48(42)56(38)36-14-6-12-30-32-22-24-34-28-10-2-4-20-46(28)62-54(34)52(32)58(40)50(30)36/h1-26H. The van der Waals surface area contributed by atoms with E-state index in [0.29, 0.717) is 0 Å². The first-order chi connectivity index (χ1) is 30.8. The average molecular weight is 821 g/mol. The summed E-state index contributed by atoms with van der Waals surface area (Å²) in [5, 5.41) is 10.4. The Labute approximate surface area is 361 Å². The Morgan fingerprint density at radius 2 is 0.774 bits per heavy atom. The molecule has 4 aliphatic heterocycles. The Bertz CT molecular complexity index is 4050. The molecule has 17 rings (SSSR count). The van der Waals surface area contributed by atoms with Crippen LogP contribution in [0.3, 0.4) is 0 Å². The fourth-order valence-corrected chi connectivity index (χ4v) is 14.8. The second kappa shape index (κ2) is 10.6. The van der Waals surface area contributed by atoms with Gasteiger partial charge in [0.25, 0.3) is 13.4 Å². The average Bonchev–Trinajstić information content (AvgIpc) is 4.07. The number of aromatic nitrogens is 2. The molecule has 62 heavy (non-hydrogen) atoms. The predicted molar refractivity (Wildman–Crippen MR) is 263 cm³/mol. The van der Waals surface area contributed by atoms with Gasteiger partial charge in [-0.2, -0.15) is 0 Å². The third-order valence-corrected chi connectivity index (χ3v) is 17.0. The van der Waals surface area contributed by atoms with Gasteiger partial charge in [-0.05, 0) is 69.2 Å². The van der Waals surface area contributed by atoms with Gasteiger partial charge >= 0.3 is 0 Å². The number of benzene rings is 9. The Morgan fingerprint density at radius 3 is 1.29 bits per heavy atom. The minimum absolute atomic E-state index is 0.0163. The van der Waals surface area contributed by atoms with E-state index in [9.17, 15) is 0 Å². The highest BCUT2D eigenvalue weighted by molar-refractivity contribution is 7.27. The normalized spacial score (nSPS) is 14.0. The van der Waals surface area contributed by atoms with E-state index in [1.54, 1.807) is 0 Å². The molecule has 0 saturated carbocycles. The number of ether oxygens (including phenoxy) is 2. The summed E-state index contributed by atoms with van der Waals surface area (Å²) in [5.41, 5.74) is 15.0. The number of hydrogen-bond donors (Lipinski definition) is 0. The number of thiophene rings is 2. The van der Waals surface area contributed by atoms with Crippen molar-refractivity contribution in [1.82, 2.24) is 9.13 Å². The fourth-order valence-electron chi connectivity index (χ4n) is 12.3. The first kappa shape index (κ1) is 31.6. The van der Waals surface area contributed by atoms with Crippen molar-refractivity contribution in [1.29, 1.82) is 0 Å². The second-order valence-corrected chi connectivity index (χ2v) is 19.5. The first-order valence-electron chi connectivity index (χ1n) is 21.3. The molecule has 0 N–H and O–H groups in total. The second-order valence-electron chi connectivity index (χ2n) is 17.4. The third-order valence-electron chi connectivity index (χ3n) is 14.6. The molecule has 8 heteroatoms. The van der Waals surface area contributed by atoms with E-state index in [0.717, 1.165) is 23.0 Å². The van der Waals surface area contributed by atoms with Gasteiger partial charge in [-0.3, -0.25) is 0 Å². The van der Waals surface area contributed by atoms with Gasteiger partial charge in [-0.15, -0.1) is 22.7 Å². The molecular formula is C54H26B2N2O2S2. The largest absolute Gasteiger partial charge is 0.458 e. The van der Waals surface area contributed by atoms with Crippen molar-refractivity contribution in [3.63, 3.8) is 0 Å². The molecule has 0 radical (unpaired) electrons. The van der Waals surface area contributed by atoms with E-state index in [-0.39, 0.29) is 13.4 Å².